The van der Waals surface area contributed by atoms with Crippen molar-refractivity contribution in [2.24, 2.45) is 17.8 Å². The van der Waals surface area contributed by atoms with Crippen LogP contribution in [0.2, 0.25) is 0 Å². The Labute approximate surface area is 113 Å². The Morgan fingerprint density at radius 2 is 1.89 bits per heavy atom. The van der Waals surface area contributed by atoms with E-state index in [-0.39, 0.29) is 0 Å². The summed E-state index contributed by atoms with van der Waals surface area (Å²) < 4.78 is 0. The van der Waals surface area contributed by atoms with Crippen LogP contribution in [0.4, 0.5) is 0 Å². The zero-order valence-corrected chi connectivity index (χ0v) is 12.0. The molecular weight excluding hydrogens is 220 g/mol. The number of nitrogens with one attached hydrogen (secondary N) is 1. The lowest BCUT2D eigenvalue weighted by molar-refractivity contribution is 0.119. The lowest BCUT2D eigenvalue weighted by Gasteiger charge is -2.37. The smallest absolute Gasteiger partial charge is 0.0119 e. The third kappa shape index (κ3) is 2.75. The van der Waals surface area contributed by atoms with Gasteiger partial charge in [0.15, 0.2) is 0 Å². The van der Waals surface area contributed by atoms with Crippen molar-refractivity contribution in [3.63, 3.8) is 0 Å². The number of piperidine rings is 1. The molecule has 18 heavy (non-hydrogen) atoms. The van der Waals surface area contributed by atoms with Crippen LogP contribution >= 0.6 is 0 Å². The van der Waals surface area contributed by atoms with Gasteiger partial charge in [-0.05, 0) is 75.9 Å². The highest BCUT2D eigenvalue weighted by Gasteiger charge is 2.40. The van der Waals surface area contributed by atoms with Crippen molar-refractivity contribution in [1.29, 1.82) is 0 Å². The van der Waals surface area contributed by atoms with Crippen molar-refractivity contribution in [2.45, 2.75) is 57.9 Å². The third-order valence-corrected chi connectivity index (χ3v) is 5.69. The average molecular weight is 250 g/mol. The minimum atomic E-state index is 0.880. The molecule has 1 heterocycles. The van der Waals surface area contributed by atoms with E-state index in [0.29, 0.717) is 0 Å². The van der Waals surface area contributed by atoms with Crippen molar-refractivity contribution in [1.82, 2.24) is 10.2 Å². The second kappa shape index (κ2) is 5.92. The molecule has 0 aromatic heterocycles. The number of nitrogens with zero attached hydrogens (tertiary/aromatic N) is 1. The van der Waals surface area contributed by atoms with Crippen LogP contribution in [0, 0.1) is 17.8 Å². The molecule has 2 nitrogen and oxygen atoms in total. The molecule has 0 spiro atoms. The summed E-state index contributed by atoms with van der Waals surface area (Å²) in [5.41, 5.74) is 0. The SMILES string of the molecule is CCCN(CC1CC2CCC1C2)C1CCNCC1. The van der Waals surface area contributed by atoms with Gasteiger partial charge in [-0.3, -0.25) is 0 Å². The molecule has 0 amide bonds. The molecule has 2 heteroatoms. The summed E-state index contributed by atoms with van der Waals surface area (Å²) in [4.78, 5) is 2.85. The lowest BCUT2D eigenvalue weighted by atomic mass is 9.87. The van der Waals surface area contributed by atoms with Crippen LogP contribution in [0.5, 0.6) is 0 Å². The quantitative estimate of drug-likeness (QED) is 0.807. The van der Waals surface area contributed by atoms with Crippen molar-refractivity contribution >= 4 is 0 Å². The lowest BCUT2D eigenvalue weighted by Crippen LogP contribution is -2.45. The van der Waals surface area contributed by atoms with E-state index in [0.717, 1.165) is 23.8 Å². The summed E-state index contributed by atoms with van der Waals surface area (Å²) in [5, 5.41) is 3.51. The molecule has 2 aliphatic carbocycles. The molecule has 0 aromatic carbocycles. The molecule has 1 N–H and O–H groups in total. The molecule has 2 bridgehead atoms. The largest absolute Gasteiger partial charge is 0.317 e. The molecule has 3 rings (SSSR count). The fourth-order valence-corrected chi connectivity index (χ4v) is 4.78. The standard InChI is InChI=1S/C16H30N2/c1-2-9-18(16-5-7-17-8-6-16)12-15-11-13-3-4-14(15)10-13/h13-17H,2-12H2,1H3. The Hall–Kier alpha value is -0.0800. The molecule has 1 aliphatic heterocycles. The topological polar surface area (TPSA) is 15.3 Å². The van der Waals surface area contributed by atoms with Crippen LogP contribution in [0.3, 0.4) is 0 Å². The second-order valence-corrected chi connectivity index (χ2v) is 6.91. The van der Waals surface area contributed by atoms with Gasteiger partial charge < -0.3 is 10.2 Å². The second-order valence-electron chi connectivity index (χ2n) is 6.91. The fourth-order valence-electron chi connectivity index (χ4n) is 4.78. The molecule has 3 aliphatic rings. The van der Waals surface area contributed by atoms with Crippen molar-refractivity contribution in [2.75, 3.05) is 26.2 Å². The maximum absolute atomic E-state index is 3.51. The van der Waals surface area contributed by atoms with E-state index in [9.17, 15) is 0 Å². The summed E-state index contributed by atoms with van der Waals surface area (Å²) in [6.45, 7) is 7.57. The van der Waals surface area contributed by atoms with Gasteiger partial charge in [0.2, 0.25) is 0 Å². The Morgan fingerprint density at radius 3 is 2.50 bits per heavy atom. The van der Waals surface area contributed by atoms with Gasteiger partial charge in [0.25, 0.3) is 0 Å². The summed E-state index contributed by atoms with van der Waals surface area (Å²) in [7, 11) is 0. The van der Waals surface area contributed by atoms with Gasteiger partial charge in [-0.25, -0.2) is 0 Å². The average Bonchev–Trinajstić information content (AvgIpc) is 3.01. The number of fused-ring (bicyclic) bond motifs is 2. The highest BCUT2D eigenvalue weighted by Crippen LogP contribution is 2.48. The Kier molecular flexibility index (Phi) is 4.25. The van der Waals surface area contributed by atoms with E-state index < -0.39 is 0 Å². The highest BCUT2D eigenvalue weighted by atomic mass is 15.2. The van der Waals surface area contributed by atoms with Gasteiger partial charge in [-0.15, -0.1) is 0 Å². The van der Waals surface area contributed by atoms with Gasteiger partial charge in [-0.2, -0.15) is 0 Å². The van der Waals surface area contributed by atoms with Crippen LogP contribution < -0.4 is 5.32 Å². The normalized spacial score (nSPS) is 36.7. The first-order valence-electron chi connectivity index (χ1n) is 8.31. The maximum atomic E-state index is 3.51. The Morgan fingerprint density at radius 1 is 1.06 bits per heavy atom. The predicted octanol–water partition coefficient (Wildman–Crippen LogP) is 2.89. The first-order chi connectivity index (χ1) is 8.86. The zero-order chi connectivity index (χ0) is 12.4. The van der Waals surface area contributed by atoms with Crippen LogP contribution in [0.15, 0.2) is 0 Å². The molecule has 2 saturated carbocycles. The Balaban J connectivity index is 1.55. The van der Waals surface area contributed by atoms with Crippen molar-refractivity contribution in [3.05, 3.63) is 0 Å². The van der Waals surface area contributed by atoms with Crippen molar-refractivity contribution < 1.29 is 0 Å². The Bertz CT molecular complexity index is 260. The number of hydrogen-bond acceptors (Lipinski definition) is 2. The maximum Gasteiger partial charge on any atom is 0.0119 e. The third-order valence-electron chi connectivity index (χ3n) is 5.69. The molecule has 0 aromatic rings. The number of hydrogen-bond donors (Lipinski definition) is 1. The zero-order valence-electron chi connectivity index (χ0n) is 12.0. The van der Waals surface area contributed by atoms with Gasteiger partial charge in [0.05, 0.1) is 0 Å². The summed E-state index contributed by atoms with van der Waals surface area (Å²) in [6.07, 6.45) is 10.3. The fraction of sp³-hybridized carbons (Fsp3) is 1.00. The summed E-state index contributed by atoms with van der Waals surface area (Å²) in [5.74, 6) is 3.25. The summed E-state index contributed by atoms with van der Waals surface area (Å²) >= 11 is 0. The van der Waals surface area contributed by atoms with Gasteiger partial charge in [0, 0.05) is 12.6 Å². The first kappa shape index (κ1) is 12.9. The van der Waals surface area contributed by atoms with E-state index in [2.05, 4.69) is 17.1 Å². The minimum absolute atomic E-state index is 0.880. The van der Waals surface area contributed by atoms with Gasteiger partial charge in [0.1, 0.15) is 0 Å². The van der Waals surface area contributed by atoms with Crippen LogP contribution in [0.1, 0.15) is 51.9 Å². The highest BCUT2D eigenvalue weighted by molar-refractivity contribution is 4.92. The van der Waals surface area contributed by atoms with Crippen LogP contribution in [-0.2, 0) is 0 Å². The molecule has 3 fully saturated rings. The molecule has 1 saturated heterocycles. The van der Waals surface area contributed by atoms with E-state index in [1.165, 1.54) is 45.4 Å². The molecule has 104 valence electrons. The van der Waals surface area contributed by atoms with E-state index >= 15 is 0 Å². The molecule has 3 atom stereocenters. The van der Waals surface area contributed by atoms with E-state index in [1.54, 1.807) is 25.7 Å². The first-order valence-corrected chi connectivity index (χ1v) is 8.31. The van der Waals surface area contributed by atoms with Crippen LogP contribution in [-0.4, -0.2) is 37.1 Å². The number of rotatable bonds is 5. The van der Waals surface area contributed by atoms with E-state index in [4.69, 9.17) is 0 Å². The van der Waals surface area contributed by atoms with Crippen molar-refractivity contribution in [3.8, 4) is 0 Å². The minimum Gasteiger partial charge on any atom is -0.317 e. The van der Waals surface area contributed by atoms with Crippen LogP contribution in [0.25, 0.3) is 0 Å². The molecule has 0 radical (unpaired) electrons. The monoisotopic (exact) mass is 250 g/mol. The molecular formula is C16H30N2. The summed E-state index contributed by atoms with van der Waals surface area (Å²) in [6, 6.07) is 0.880. The predicted molar refractivity (Wildman–Crippen MR) is 76.7 cm³/mol. The van der Waals surface area contributed by atoms with Gasteiger partial charge >= 0.3 is 0 Å². The van der Waals surface area contributed by atoms with E-state index in [1.807, 2.05) is 0 Å². The molecule has 3 unspecified atom stereocenters. The van der Waals surface area contributed by atoms with Gasteiger partial charge in [-0.1, -0.05) is 13.3 Å².